The van der Waals surface area contributed by atoms with Crippen LogP contribution in [0.25, 0.3) is 0 Å². The number of aliphatic imine (C=N–C) groups is 2. The highest BCUT2D eigenvalue weighted by Gasteiger charge is 2.33. The Morgan fingerprint density at radius 3 is 1.35 bits per heavy atom. The fraction of sp³-hybridized carbons (Fsp3) is 0.200. The van der Waals surface area contributed by atoms with Crippen LogP contribution in [-0.2, 0) is 17.2 Å². The Kier molecular flexibility index (Phi) is 5.91. The Hall–Kier alpha value is -0.280. The summed E-state index contributed by atoms with van der Waals surface area (Å²) in [6.45, 7) is 0. The number of carbonyl (C=O) groups excluding carboxylic acids is 2. The number of hydrogen-bond acceptors (Lipinski definition) is 4. The summed E-state index contributed by atoms with van der Waals surface area (Å²) < 4.78 is -3.88. The summed E-state index contributed by atoms with van der Waals surface area (Å²) >= 11 is 34.5. The Morgan fingerprint density at radius 2 is 1.10 bits per heavy atom. The number of isocyanates is 2. The zero-order valence-corrected chi connectivity index (χ0v) is 13.7. The van der Waals surface area contributed by atoms with Crippen molar-refractivity contribution in [3.63, 3.8) is 0 Å². The predicted molar refractivity (Wildman–Crippen MR) is 80.5 cm³/mol. The lowest BCUT2D eigenvalue weighted by atomic mass is 10.1. The van der Waals surface area contributed by atoms with Crippen LogP contribution in [0.15, 0.2) is 22.1 Å². The molecule has 0 aliphatic carbocycles. The molecule has 20 heavy (non-hydrogen) atoms. The van der Waals surface area contributed by atoms with Crippen molar-refractivity contribution in [2.24, 2.45) is 9.98 Å². The summed E-state index contributed by atoms with van der Waals surface area (Å²) in [5.41, 5.74) is -0.215. The van der Waals surface area contributed by atoms with Crippen LogP contribution in [0.4, 0.5) is 11.4 Å². The molecule has 106 valence electrons. The Balaban J connectivity index is 3.78. The van der Waals surface area contributed by atoms with Crippen molar-refractivity contribution < 1.29 is 9.59 Å². The molecular weight excluding hydrogens is 393 g/mol. The van der Waals surface area contributed by atoms with E-state index in [-0.39, 0.29) is 22.5 Å². The Morgan fingerprint density at radius 1 is 0.750 bits per heavy atom. The van der Waals surface area contributed by atoms with Gasteiger partial charge in [-0.3, -0.25) is 0 Å². The molecule has 0 aromatic heterocycles. The molecule has 0 N–H and O–H groups in total. The zero-order chi connectivity index (χ0) is 15.6. The van der Waals surface area contributed by atoms with Gasteiger partial charge in [0.05, 0.1) is 11.4 Å². The normalized spacial score (nSPS) is 11.5. The average molecular weight is 395 g/mol. The second-order valence-electron chi connectivity index (χ2n) is 3.29. The van der Waals surface area contributed by atoms with Crippen molar-refractivity contribution in [2.45, 2.75) is 7.59 Å². The van der Waals surface area contributed by atoms with Gasteiger partial charge < -0.3 is 0 Å². The van der Waals surface area contributed by atoms with Crippen molar-refractivity contribution in [2.75, 3.05) is 0 Å². The first-order chi connectivity index (χ1) is 9.11. The summed E-state index contributed by atoms with van der Waals surface area (Å²) in [5, 5.41) is 0. The molecule has 10 heteroatoms. The molecule has 0 heterocycles. The van der Waals surface area contributed by atoms with E-state index in [1.54, 1.807) is 0 Å². The van der Waals surface area contributed by atoms with Crippen molar-refractivity contribution in [3.05, 3.63) is 23.3 Å². The molecule has 0 atom stereocenters. The van der Waals surface area contributed by atoms with Crippen LogP contribution in [0, 0.1) is 0 Å². The van der Waals surface area contributed by atoms with Gasteiger partial charge in [-0.05, 0) is 12.1 Å². The molecule has 1 aromatic carbocycles. The standard InChI is InChI=1S/C10H2Cl6N2O2/c11-9(12,13)5-1-6(10(14,15)16)8(18-4-20)2-7(5)17-3-19/h1-2H. The maximum Gasteiger partial charge on any atom is 0.240 e. The van der Waals surface area contributed by atoms with E-state index < -0.39 is 7.59 Å². The summed E-state index contributed by atoms with van der Waals surface area (Å²) in [6, 6.07) is 2.32. The molecule has 0 aliphatic heterocycles. The van der Waals surface area contributed by atoms with E-state index in [9.17, 15) is 9.59 Å². The molecule has 0 saturated carbocycles. The van der Waals surface area contributed by atoms with Crippen LogP contribution < -0.4 is 0 Å². The molecule has 0 aliphatic rings. The molecule has 1 rings (SSSR count). The van der Waals surface area contributed by atoms with Crippen molar-refractivity contribution in [1.82, 2.24) is 0 Å². The molecule has 0 fully saturated rings. The number of halogens is 6. The molecule has 0 amide bonds. The van der Waals surface area contributed by atoms with Gasteiger partial charge in [0.15, 0.2) is 0 Å². The van der Waals surface area contributed by atoms with Crippen molar-refractivity contribution in [1.29, 1.82) is 0 Å². The van der Waals surface area contributed by atoms with Gasteiger partial charge in [-0.15, -0.1) is 0 Å². The van der Waals surface area contributed by atoms with Gasteiger partial charge in [0, 0.05) is 11.1 Å². The first-order valence-corrected chi connectivity index (χ1v) is 6.86. The number of nitrogens with zero attached hydrogens (tertiary/aromatic N) is 2. The molecule has 0 radical (unpaired) electrons. The quantitative estimate of drug-likeness (QED) is 0.389. The highest BCUT2D eigenvalue weighted by Crippen LogP contribution is 2.50. The molecule has 0 saturated heterocycles. The zero-order valence-electron chi connectivity index (χ0n) is 9.13. The second kappa shape index (κ2) is 6.65. The molecule has 1 aromatic rings. The molecule has 4 nitrogen and oxygen atoms in total. The van der Waals surface area contributed by atoms with Gasteiger partial charge in [-0.1, -0.05) is 69.6 Å². The second-order valence-corrected chi connectivity index (χ2v) is 7.85. The molecule has 0 unspecified atom stereocenters. The third-order valence-electron chi connectivity index (χ3n) is 2.06. The maximum atomic E-state index is 10.4. The lowest BCUT2D eigenvalue weighted by Gasteiger charge is -2.19. The van der Waals surface area contributed by atoms with E-state index in [1.165, 1.54) is 18.2 Å². The van der Waals surface area contributed by atoms with Crippen molar-refractivity contribution in [3.8, 4) is 0 Å². The van der Waals surface area contributed by atoms with Crippen LogP contribution in [0.1, 0.15) is 11.1 Å². The third-order valence-corrected chi connectivity index (χ3v) is 3.28. The Labute approximate surface area is 143 Å². The average Bonchev–Trinajstić information content (AvgIpc) is 2.26. The van der Waals surface area contributed by atoms with E-state index >= 15 is 0 Å². The fourth-order valence-electron chi connectivity index (χ4n) is 1.31. The van der Waals surface area contributed by atoms with Crippen LogP contribution in [-0.4, -0.2) is 12.2 Å². The number of alkyl halides is 6. The van der Waals surface area contributed by atoms with E-state index in [0.717, 1.165) is 6.07 Å². The maximum absolute atomic E-state index is 10.4. The first-order valence-electron chi connectivity index (χ1n) is 4.59. The Bertz CT molecular complexity index is 571. The SMILES string of the molecule is O=C=Nc1cc(N=C=O)c(C(Cl)(Cl)Cl)cc1C(Cl)(Cl)Cl. The summed E-state index contributed by atoms with van der Waals surface area (Å²) in [4.78, 5) is 27.5. The minimum Gasteiger partial charge on any atom is -0.211 e. The van der Waals surface area contributed by atoms with Gasteiger partial charge in [0.2, 0.25) is 19.7 Å². The van der Waals surface area contributed by atoms with Gasteiger partial charge in [-0.25, -0.2) is 9.59 Å². The minimum atomic E-state index is -1.94. The number of hydrogen-bond donors (Lipinski definition) is 0. The van der Waals surface area contributed by atoms with E-state index in [4.69, 9.17) is 69.6 Å². The van der Waals surface area contributed by atoms with Gasteiger partial charge >= 0.3 is 0 Å². The fourth-order valence-corrected chi connectivity index (χ4v) is 2.22. The van der Waals surface area contributed by atoms with E-state index in [2.05, 4.69) is 9.98 Å². The summed E-state index contributed by atoms with van der Waals surface area (Å²) in [6.07, 6.45) is 2.57. The highest BCUT2D eigenvalue weighted by molar-refractivity contribution is 6.68. The largest absolute Gasteiger partial charge is 0.240 e. The molecule has 0 spiro atoms. The lowest BCUT2D eigenvalue weighted by Crippen LogP contribution is -2.07. The van der Waals surface area contributed by atoms with E-state index in [0.29, 0.717) is 0 Å². The minimum absolute atomic E-state index is 0.0305. The smallest absolute Gasteiger partial charge is 0.211 e. The summed E-state index contributed by atoms with van der Waals surface area (Å²) in [5.74, 6) is 0. The number of benzene rings is 1. The topological polar surface area (TPSA) is 58.9 Å². The van der Waals surface area contributed by atoms with Gasteiger partial charge in [-0.2, -0.15) is 9.98 Å². The van der Waals surface area contributed by atoms with Crippen LogP contribution >= 0.6 is 69.6 Å². The van der Waals surface area contributed by atoms with Crippen LogP contribution in [0.5, 0.6) is 0 Å². The highest BCUT2D eigenvalue weighted by atomic mass is 35.6. The molecular formula is C10H2Cl6N2O2. The van der Waals surface area contributed by atoms with Crippen molar-refractivity contribution >= 4 is 93.1 Å². The lowest BCUT2D eigenvalue weighted by molar-refractivity contribution is 0.564. The first kappa shape index (κ1) is 17.8. The van der Waals surface area contributed by atoms with E-state index in [1.807, 2.05) is 0 Å². The third kappa shape index (κ3) is 4.36. The monoisotopic (exact) mass is 392 g/mol. The van der Waals surface area contributed by atoms with Crippen LogP contribution in [0.2, 0.25) is 0 Å². The number of rotatable bonds is 2. The summed E-state index contributed by atoms with van der Waals surface area (Å²) in [7, 11) is 0. The van der Waals surface area contributed by atoms with Gasteiger partial charge in [0.25, 0.3) is 0 Å². The van der Waals surface area contributed by atoms with Crippen LogP contribution in [0.3, 0.4) is 0 Å². The molecule has 0 bridgehead atoms. The predicted octanol–water partition coefficient (Wildman–Crippen LogP) is 5.27. The van der Waals surface area contributed by atoms with Gasteiger partial charge in [0.1, 0.15) is 0 Å².